The summed E-state index contributed by atoms with van der Waals surface area (Å²) in [5.41, 5.74) is 3.67. The van der Waals surface area contributed by atoms with E-state index in [1.165, 1.54) is 16.5 Å². The predicted molar refractivity (Wildman–Crippen MR) is 97.9 cm³/mol. The molecule has 126 valence electrons. The standard InChI is InChI=1S/C20H25N3O/c1-4-23-13-11-17-16(8-7-10-19(17)23)14-22(2)20(15-24-3)18-9-5-6-12-21-18/h5-13,20H,4,14-15H2,1-3H3/t20-/m1/s1. The molecule has 2 heterocycles. The Morgan fingerprint density at radius 3 is 2.75 bits per heavy atom. The largest absolute Gasteiger partial charge is 0.383 e. The molecule has 0 aliphatic heterocycles. The number of ether oxygens (including phenoxy) is 1. The van der Waals surface area contributed by atoms with E-state index in [0.29, 0.717) is 6.61 Å². The van der Waals surface area contributed by atoms with E-state index in [2.05, 4.69) is 65.0 Å². The molecule has 4 nitrogen and oxygen atoms in total. The minimum Gasteiger partial charge on any atom is -0.383 e. The molecule has 2 aromatic heterocycles. The molecule has 24 heavy (non-hydrogen) atoms. The second-order valence-electron chi connectivity index (χ2n) is 6.09. The number of fused-ring (bicyclic) bond motifs is 1. The highest BCUT2D eigenvalue weighted by molar-refractivity contribution is 5.83. The van der Waals surface area contributed by atoms with Gasteiger partial charge >= 0.3 is 0 Å². The molecule has 0 radical (unpaired) electrons. The van der Waals surface area contributed by atoms with Crippen molar-refractivity contribution in [2.75, 3.05) is 20.8 Å². The van der Waals surface area contributed by atoms with E-state index in [1.807, 2.05) is 18.3 Å². The monoisotopic (exact) mass is 323 g/mol. The topological polar surface area (TPSA) is 30.3 Å². The van der Waals surface area contributed by atoms with E-state index in [4.69, 9.17) is 4.74 Å². The zero-order valence-corrected chi connectivity index (χ0v) is 14.6. The van der Waals surface area contributed by atoms with Gasteiger partial charge in [0.1, 0.15) is 0 Å². The molecule has 1 aromatic carbocycles. The zero-order valence-electron chi connectivity index (χ0n) is 14.6. The lowest BCUT2D eigenvalue weighted by Gasteiger charge is -2.27. The van der Waals surface area contributed by atoms with Gasteiger partial charge in [-0.3, -0.25) is 9.88 Å². The molecule has 0 aliphatic carbocycles. The summed E-state index contributed by atoms with van der Waals surface area (Å²) >= 11 is 0. The van der Waals surface area contributed by atoms with Crippen molar-refractivity contribution in [3.63, 3.8) is 0 Å². The van der Waals surface area contributed by atoms with E-state index in [9.17, 15) is 0 Å². The summed E-state index contributed by atoms with van der Waals surface area (Å²) in [6.07, 6.45) is 4.01. The first-order chi connectivity index (χ1) is 11.7. The number of hydrogen-bond donors (Lipinski definition) is 0. The molecule has 0 spiro atoms. The maximum absolute atomic E-state index is 5.44. The predicted octanol–water partition coefficient (Wildman–Crippen LogP) is 3.88. The molecule has 0 amide bonds. The van der Waals surface area contributed by atoms with Gasteiger partial charge in [0.05, 0.1) is 18.3 Å². The fraction of sp³-hybridized carbons (Fsp3) is 0.350. The third-order valence-electron chi connectivity index (χ3n) is 4.55. The highest BCUT2D eigenvalue weighted by atomic mass is 16.5. The van der Waals surface area contributed by atoms with Crippen LogP contribution in [0.3, 0.4) is 0 Å². The Bertz CT molecular complexity index is 782. The van der Waals surface area contributed by atoms with Gasteiger partial charge in [-0.15, -0.1) is 0 Å². The lowest BCUT2D eigenvalue weighted by atomic mass is 10.1. The number of likely N-dealkylation sites (N-methyl/N-ethyl adjacent to an activating group) is 1. The molecule has 1 atom stereocenters. The van der Waals surface area contributed by atoms with Crippen LogP contribution in [0, 0.1) is 0 Å². The van der Waals surface area contributed by atoms with Gasteiger partial charge in [0.25, 0.3) is 0 Å². The maximum atomic E-state index is 5.44. The van der Waals surface area contributed by atoms with Crippen LogP contribution >= 0.6 is 0 Å². The van der Waals surface area contributed by atoms with E-state index in [-0.39, 0.29) is 6.04 Å². The average molecular weight is 323 g/mol. The van der Waals surface area contributed by atoms with Gasteiger partial charge < -0.3 is 9.30 Å². The third kappa shape index (κ3) is 3.35. The molecule has 0 N–H and O–H groups in total. The number of aromatic nitrogens is 2. The van der Waals surface area contributed by atoms with Gasteiger partial charge in [-0.1, -0.05) is 18.2 Å². The first-order valence-electron chi connectivity index (χ1n) is 8.41. The maximum Gasteiger partial charge on any atom is 0.0757 e. The Labute approximate surface area is 143 Å². The van der Waals surface area contributed by atoms with Gasteiger partial charge in [0.2, 0.25) is 0 Å². The van der Waals surface area contributed by atoms with Crippen molar-refractivity contribution in [3.8, 4) is 0 Å². The quantitative estimate of drug-likeness (QED) is 0.661. The Balaban J connectivity index is 1.87. The van der Waals surface area contributed by atoms with Crippen LogP contribution in [-0.2, 0) is 17.8 Å². The van der Waals surface area contributed by atoms with E-state index >= 15 is 0 Å². The number of hydrogen-bond acceptors (Lipinski definition) is 3. The summed E-state index contributed by atoms with van der Waals surface area (Å²) in [6, 6.07) is 14.9. The van der Waals surface area contributed by atoms with Gasteiger partial charge in [-0.25, -0.2) is 0 Å². The summed E-state index contributed by atoms with van der Waals surface area (Å²) < 4.78 is 7.72. The second kappa shape index (κ2) is 7.60. The highest BCUT2D eigenvalue weighted by Crippen LogP contribution is 2.25. The summed E-state index contributed by atoms with van der Waals surface area (Å²) in [6.45, 7) is 4.64. The van der Waals surface area contributed by atoms with Crippen LogP contribution < -0.4 is 0 Å². The first kappa shape index (κ1) is 16.7. The Kier molecular flexibility index (Phi) is 5.28. The van der Waals surface area contributed by atoms with Crippen molar-refractivity contribution in [3.05, 3.63) is 66.1 Å². The number of rotatable bonds is 7. The molecule has 3 rings (SSSR count). The fourth-order valence-corrected chi connectivity index (χ4v) is 3.25. The van der Waals surface area contributed by atoms with Crippen molar-refractivity contribution in [2.24, 2.45) is 0 Å². The summed E-state index contributed by atoms with van der Waals surface area (Å²) in [5.74, 6) is 0. The van der Waals surface area contributed by atoms with Gasteiger partial charge in [-0.05, 0) is 43.8 Å². The molecule has 0 aliphatic rings. The number of pyridine rings is 1. The minimum absolute atomic E-state index is 0.139. The van der Waals surface area contributed by atoms with Crippen molar-refractivity contribution in [2.45, 2.75) is 26.1 Å². The Hall–Kier alpha value is -2.17. The number of nitrogens with zero attached hydrogens (tertiary/aromatic N) is 3. The van der Waals surface area contributed by atoms with Crippen molar-refractivity contribution in [1.82, 2.24) is 14.5 Å². The van der Waals surface area contributed by atoms with Gasteiger partial charge in [-0.2, -0.15) is 0 Å². The molecule has 0 saturated carbocycles. The number of aryl methyl sites for hydroxylation is 1. The SMILES string of the molecule is CCn1ccc2c(CN(C)[C@H](COC)c3ccccn3)cccc21. The zero-order chi connectivity index (χ0) is 16.9. The molecule has 3 aromatic rings. The average Bonchev–Trinajstić information content (AvgIpc) is 3.04. The summed E-state index contributed by atoms with van der Waals surface area (Å²) in [5, 5.41) is 1.32. The molecule has 0 bridgehead atoms. The second-order valence-corrected chi connectivity index (χ2v) is 6.09. The summed E-state index contributed by atoms with van der Waals surface area (Å²) in [4.78, 5) is 6.82. The van der Waals surface area contributed by atoms with Gasteiger partial charge in [0.15, 0.2) is 0 Å². The lowest BCUT2D eigenvalue weighted by molar-refractivity contribution is 0.100. The minimum atomic E-state index is 0.139. The van der Waals surface area contributed by atoms with E-state index < -0.39 is 0 Å². The van der Waals surface area contributed by atoms with Crippen LogP contribution in [0.25, 0.3) is 10.9 Å². The van der Waals surface area contributed by atoms with Crippen LogP contribution in [0.15, 0.2) is 54.9 Å². The van der Waals surface area contributed by atoms with E-state index in [1.54, 1.807) is 7.11 Å². The molecular weight excluding hydrogens is 298 g/mol. The highest BCUT2D eigenvalue weighted by Gasteiger charge is 2.19. The summed E-state index contributed by atoms with van der Waals surface area (Å²) in [7, 11) is 3.87. The van der Waals surface area contributed by atoms with Gasteiger partial charge in [0, 0.05) is 43.5 Å². The number of benzene rings is 1. The van der Waals surface area contributed by atoms with Crippen molar-refractivity contribution in [1.29, 1.82) is 0 Å². The first-order valence-corrected chi connectivity index (χ1v) is 8.41. The van der Waals surface area contributed by atoms with Crippen molar-refractivity contribution < 1.29 is 4.74 Å². The van der Waals surface area contributed by atoms with Crippen LogP contribution in [-0.4, -0.2) is 35.2 Å². The molecular formula is C20H25N3O. The van der Waals surface area contributed by atoms with E-state index in [0.717, 1.165) is 18.8 Å². The Morgan fingerprint density at radius 2 is 2.04 bits per heavy atom. The molecule has 4 heteroatoms. The van der Waals surface area contributed by atoms with Crippen LogP contribution in [0.1, 0.15) is 24.2 Å². The Morgan fingerprint density at radius 1 is 1.17 bits per heavy atom. The smallest absolute Gasteiger partial charge is 0.0757 e. The van der Waals surface area contributed by atoms with Crippen LogP contribution in [0.4, 0.5) is 0 Å². The third-order valence-corrected chi connectivity index (χ3v) is 4.55. The number of methoxy groups -OCH3 is 1. The normalized spacial score (nSPS) is 12.8. The van der Waals surface area contributed by atoms with Crippen LogP contribution in [0.2, 0.25) is 0 Å². The van der Waals surface area contributed by atoms with Crippen LogP contribution in [0.5, 0.6) is 0 Å². The fourth-order valence-electron chi connectivity index (χ4n) is 3.25. The molecule has 0 saturated heterocycles. The molecule has 0 unspecified atom stereocenters. The lowest BCUT2D eigenvalue weighted by Crippen LogP contribution is -2.28. The van der Waals surface area contributed by atoms with Crippen molar-refractivity contribution >= 4 is 10.9 Å². The molecule has 0 fully saturated rings.